The number of benzene rings is 9. The van der Waals surface area contributed by atoms with Crippen LogP contribution in [-0.4, -0.2) is 15.0 Å². The summed E-state index contributed by atoms with van der Waals surface area (Å²) in [7, 11) is 0. The molecule has 0 N–H and O–H groups in total. The third-order valence-corrected chi connectivity index (χ3v) is 13.1. The van der Waals surface area contributed by atoms with Crippen LogP contribution in [0.15, 0.2) is 210 Å². The third-order valence-electron chi connectivity index (χ3n) is 12.0. The van der Waals surface area contributed by atoms with Crippen molar-refractivity contribution in [3.8, 4) is 56.4 Å². The van der Waals surface area contributed by atoms with E-state index in [-0.39, 0.29) is 0 Å². The first-order chi connectivity index (χ1) is 28.7. The Labute approximate surface area is 340 Å². The Morgan fingerprint density at radius 3 is 1.59 bits per heavy atom. The van der Waals surface area contributed by atoms with E-state index >= 15 is 0 Å². The van der Waals surface area contributed by atoms with Gasteiger partial charge in [-0.1, -0.05) is 188 Å². The van der Waals surface area contributed by atoms with Gasteiger partial charge in [0, 0.05) is 26.5 Å². The van der Waals surface area contributed by atoms with Crippen molar-refractivity contribution in [3.63, 3.8) is 0 Å². The van der Waals surface area contributed by atoms with Crippen LogP contribution in [0.5, 0.6) is 0 Å². The molecular weight excluding hydrogens is 723 g/mol. The van der Waals surface area contributed by atoms with E-state index in [4.69, 9.17) is 15.0 Å². The predicted molar refractivity (Wildman–Crippen MR) is 238 cm³/mol. The van der Waals surface area contributed by atoms with E-state index in [1.165, 1.54) is 64.9 Å². The molecule has 12 rings (SSSR count). The first kappa shape index (κ1) is 33.0. The highest BCUT2D eigenvalue weighted by atomic mass is 32.2. The first-order valence-corrected chi connectivity index (χ1v) is 20.5. The molecule has 1 spiro atoms. The minimum Gasteiger partial charge on any atom is -0.208 e. The van der Waals surface area contributed by atoms with Crippen molar-refractivity contribution in [1.29, 1.82) is 0 Å². The second-order valence-electron chi connectivity index (χ2n) is 15.1. The highest BCUT2D eigenvalue weighted by Gasteiger charge is 2.50. The van der Waals surface area contributed by atoms with Crippen LogP contribution in [0.2, 0.25) is 0 Å². The van der Waals surface area contributed by atoms with Crippen molar-refractivity contribution in [2.45, 2.75) is 15.2 Å². The van der Waals surface area contributed by atoms with Crippen LogP contribution in [0.3, 0.4) is 0 Å². The van der Waals surface area contributed by atoms with Crippen molar-refractivity contribution in [2.75, 3.05) is 0 Å². The average Bonchev–Trinajstić information content (AvgIpc) is 3.59. The molecule has 58 heavy (non-hydrogen) atoms. The molecule has 4 heteroatoms. The second-order valence-corrected chi connectivity index (χ2v) is 16.2. The van der Waals surface area contributed by atoms with Gasteiger partial charge in [0.25, 0.3) is 0 Å². The smallest absolute Gasteiger partial charge is 0.164 e. The quantitative estimate of drug-likeness (QED) is 0.168. The maximum absolute atomic E-state index is 5.12. The monoisotopic (exact) mass is 755 g/mol. The van der Waals surface area contributed by atoms with Gasteiger partial charge in [0.1, 0.15) is 0 Å². The van der Waals surface area contributed by atoms with Crippen LogP contribution < -0.4 is 0 Å². The van der Waals surface area contributed by atoms with Gasteiger partial charge in [0.15, 0.2) is 17.5 Å². The molecule has 10 aromatic rings. The molecule has 0 atom stereocenters. The maximum Gasteiger partial charge on any atom is 0.164 e. The molecule has 1 aromatic heterocycles. The van der Waals surface area contributed by atoms with Gasteiger partial charge in [-0.05, 0) is 90.3 Å². The standard InChI is InChI=1S/C54H33N3S/c1-2-13-36(14-3-1)51-55-52(57-53(56-51)40-28-30-42-39(32-40)27-24-35-12-4-5-15-41(35)42)37-25-22-34(23-26-37)38-29-31-50-48(33-38)54(47-20-10-11-21-49(47)58-50)45-18-8-6-16-43(45)44-17-7-9-19-46(44)54/h1-33H. The van der Waals surface area contributed by atoms with Crippen LogP contribution in [0.1, 0.15) is 22.3 Å². The summed E-state index contributed by atoms with van der Waals surface area (Å²) in [4.78, 5) is 17.8. The van der Waals surface area contributed by atoms with Crippen LogP contribution in [0, 0.1) is 0 Å². The zero-order chi connectivity index (χ0) is 38.2. The van der Waals surface area contributed by atoms with E-state index in [1.807, 2.05) is 30.0 Å². The minimum absolute atomic E-state index is 0.411. The van der Waals surface area contributed by atoms with E-state index in [2.05, 4.69) is 182 Å². The second kappa shape index (κ2) is 13.0. The molecule has 270 valence electrons. The Bertz CT molecular complexity index is 3220. The highest BCUT2D eigenvalue weighted by Crippen LogP contribution is 2.62. The van der Waals surface area contributed by atoms with Gasteiger partial charge in [-0.2, -0.15) is 0 Å². The lowest BCUT2D eigenvalue weighted by Gasteiger charge is -2.40. The lowest BCUT2D eigenvalue weighted by Crippen LogP contribution is -2.32. The topological polar surface area (TPSA) is 38.7 Å². The summed E-state index contributed by atoms with van der Waals surface area (Å²) in [6.07, 6.45) is 0. The van der Waals surface area contributed by atoms with Crippen LogP contribution in [-0.2, 0) is 5.41 Å². The summed E-state index contributed by atoms with van der Waals surface area (Å²) in [5.41, 5.74) is 12.7. The lowest BCUT2D eigenvalue weighted by atomic mass is 9.67. The predicted octanol–water partition coefficient (Wildman–Crippen LogP) is 13.7. The number of nitrogens with zero attached hydrogens (tertiary/aromatic N) is 3. The Hall–Kier alpha value is -7.14. The van der Waals surface area contributed by atoms with Crippen LogP contribution in [0.25, 0.3) is 78.0 Å². The van der Waals surface area contributed by atoms with Crippen molar-refractivity contribution in [2.24, 2.45) is 0 Å². The van der Waals surface area contributed by atoms with Gasteiger partial charge in [-0.3, -0.25) is 0 Å². The third kappa shape index (κ3) is 4.98. The fourth-order valence-corrected chi connectivity index (χ4v) is 10.5. The van der Waals surface area contributed by atoms with Gasteiger partial charge in [-0.15, -0.1) is 0 Å². The summed E-state index contributed by atoms with van der Waals surface area (Å²) < 4.78 is 0. The van der Waals surface area contributed by atoms with Gasteiger partial charge in [0.2, 0.25) is 0 Å². The maximum atomic E-state index is 5.12. The van der Waals surface area contributed by atoms with E-state index in [9.17, 15) is 0 Å². The van der Waals surface area contributed by atoms with Crippen molar-refractivity contribution >= 4 is 33.3 Å². The fourth-order valence-electron chi connectivity index (χ4n) is 9.35. The molecule has 1 aliphatic heterocycles. The van der Waals surface area contributed by atoms with E-state index in [1.54, 1.807) is 0 Å². The molecule has 0 fully saturated rings. The number of rotatable bonds is 4. The summed E-state index contributed by atoms with van der Waals surface area (Å²) >= 11 is 1.87. The summed E-state index contributed by atoms with van der Waals surface area (Å²) in [6.45, 7) is 0. The number of fused-ring (bicyclic) bond motifs is 12. The van der Waals surface area contributed by atoms with E-state index in [0.717, 1.165) is 27.6 Å². The largest absolute Gasteiger partial charge is 0.208 e. The molecule has 2 heterocycles. The Balaban J connectivity index is 0.972. The number of hydrogen-bond acceptors (Lipinski definition) is 4. The molecule has 1 aliphatic carbocycles. The molecule has 3 nitrogen and oxygen atoms in total. The zero-order valence-corrected chi connectivity index (χ0v) is 32.1. The highest BCUT2D eigenvalue weighted by molar-refractivity contribution is 7.99. The van der Waals surface area contributed by atoms with Gasteiger partial charge in [0.05, 0.1) is 5.41 Å². The van der Waals surface area contributed by atoms with Gasteiger partial charge in [-0.25, -0.2) is 15.0 Å². The Morgan fingerprint density at radius 1 is 0.310 bits per heavy atom. The van der Waals surface area contributed by atoms with E-state index in [0.29, 0.717) is 17.5 Å². The van der Waals surface area contributed by atoms with Crippen LogP contribution in [0.4, 0.5) is 0 Å². The van der Waals surface area contributed by atoms with Crippen molar-refractivity contribution in [1.82, 2.24) is 15.0 Å². The fraction of sp³-hybridized carbons (Fsp3) is 0.0185. The summed E-state index contributed by atoms with van der Waals surface area (Å²) in [5, 5.41) is 4.84. The molecular formula is C54H33N3S. The Morgan fingerprint density at radius 2 is 0.828 bits per heavy atom. The molecule has 0 amide bonds. The first-order valence-electron chi connectivity index (χ1n) is 19.7. The number of aromatic nitrogens is 3. The number of hydrogen-bond donors (Lipinski definition) is 0. The molecule has 0 bridgehead atoms. The lowest BCUT2D eigenvalue weighted by molar-refractivity contribution is 0.723. The molecule has 0 saturated heterocycles. The Kier molecular flexibility index (Phi) is 7.38. The summed E-state index contributed by atoms with van der Waals surface area (Å²) in [5.74, 6) is 1.95. The zero-order valence-electron chi connectivity index (χ0n) is 31.3. The average molecular weight is 756 g/mol. The molecule has 0 saturated carbocycles. The summed E-state index contributed by atoms with van der Waals surface area (Å²) in [6, 6.07) is 72.2. The SMILES string of the molecule is c1ccc(-c2nc(-c3ccc(-c4ccc5c(c4)C4(c6ccccc6S5)c5ccccc5-c5ccccc54)cc3)nc(-c3ccc4c(ccc5ccccc54)c3)n2)cc1. The van der Waals surface area contributed by atoms with Gasteiger partial charge >= 0.3 is 0 Å². The van der Waals surface area contributed by atoms with Crippen LogP contribution >= 0.6 is 11.8 Å². The molecule has 2 aliphatic rings. The molecule has 0 radical (unpaired) electrons. The minimum atomic E-state index is -0.411. The normalized spacial score (nSPS) is 13.2. The van der Waals surface area contributed by atoms with Crippen molar-refractivity contribution < 1.29 is 0 Å². The molecule has 9 aromatic carbocycles. The van der Waals surface area contributed by atoms with E-state index < -0.39 is 5.41 Å². The van der Waals surface area contributed by atoms with Crippen molar-refractivity contribution in [3.05, 3.63) is 222 Å². The van der Waals surface area contributed by atoms with Gasteiger partial charge < -0.3 is 0 Å². The molecule has 0 unspecified atom stereocenters.